The number of methoxy groups -OCH3 is 1. The molecule has 0 saturated carbocycles. The minimum Gasteiger partial charge on any atom is -0.497 e. The van der Waals surface area contributed by atoms with E-state index in [1.807, 2.05) is 24.3 Å². The van der Waals surface area contributed by atoms with Crippen LogP contribution < -0.4 is 4.74 Å². The van der Waals surface area contributed by atoms with Gasteiger partial charge in [-0.1, -0.05) is 0 Å². The zero-order valence-electron chi connectivity index (χ0n) is 12.9. The first-order chi connectivity index (χ1) is 10.2. The van der Waals surface area contributed by atoms with E-state index in [4.69, 9.17) is 4.74 Å². The molecule has 1 aromatic carbocycles. The first kappa shape index (κ1) is 14.5. The molecule has 2 aliphatic rings. The molecule has 4 heteroatoms. The van der Waals surface area contributed by atoms with Gasteiger partial charge in [-0.15, -0.1) is 0 Å². The second-order valence-electron chi connectivity index (χ2n) is 6.23. The third kappa shape index (κ3) is 3.11. The van der Waals surface area contributed by atoms with Gasteiger partial charge in [0.25, 0.3) is 0 Å². The number of Topliss-reactive ketones (excluding diaryl/α,β-unsaturated/α-hetero) is 1. The Hall–Kier alpha value is -1.39. The Bertz CT molecular complexity index is 500. The number of carbonyl (C=O) groups excluding carboxylic acids is 1. The number of ether oxygens (including phenoxy) is 1. The van der Waals surface area contributed by atoms with Gasteiger partial charge < -0.3 is 4.74 Å². The monoisotopic (exact) mass is 288 g/mol. The van der Waals surface area contributed by atoms with E-state index in [1.54, 1.807) is 7.11 Å². The first-order valence-corrected chi connectivity index (χ1v) is 7.79. The molecule has 0 radical (unpaired) electrons. The molecular weight excluding hydrogens is 264 g/mol. The molecular formula is C17H24N2O2. The minimum atomic E-state index is 0.207. The highest BCUT2D eigenvalue weighted by Gasteiger charge is 2.34. The standard InChI is InChI=1S/C17H24N2O2/c1-18-14-5-6-15(18)11-19(10-9-14)12-17(20)13-3-7-16(21-2)8-4-13/h3-4,7-8,14-15H,5-6,9-12H2,1-2H3. The summed E-state index contributed by atoms with van der Waals surface area (Å²) < 4.78 is 5.13. The predicted octanol–water partition coefficient (Wildman–Crippen LogP) is 2.05. The number of hydrogen-bond donors (Lipinski definition) is 0. The molecule has 2 atom stereocenters. The van der Waals surface area contributed by atoms with Crippen molar-refractivity contribution in [2.75, 3.05) is 33.8 Å². The normalized spacial score (nSPS) is 26.6. The molecule has 0 aliphatic carbocycles. The molecule has 2 unspecified atom stereocenters. The molecule has 0 amide bonds. The zero-order valence-corrected chi connectivity index (χ0v) is 12.9. The summed E-state index contributed by atoms with van der Waals surface area (Å²) in [5.74, 6) is 0.998. The number of rotatable bonds is 4. The van der Waals surface area contributed by atoms with E-state index < -0.39 is 0 Å². The van der Waals surface area contributed by atoms with Crippen molar-refractivity contribution in [2.45, 2.75) is 31.3 Å². The first-order valence-electron chi connectivity index (χ1n) is 7.79. The number of fused-ring (bicyclic) bond motifs is 2. The van der Waals surface area contributed by atoms with Crippen LogP contribution in [0, 0.1) is 0 Å². The highest BCUT2D eigenvalue weighted by molar-refractivity contribution is 5.97. The highest BCUT2D eigenvalue weighted by atomic mass is 16.5. The van der Waals surface area contributed by atoms with Gasteiger partial charge in [0.2, 0.25) is 0 Å². The van der Waals surface area contributed by atoms with Crippen LogP contribution >= 0.6 is 0 Å². The summed E-state index contributed by atoms with van der Waals surface area (Å²) in [6, 6.07) is 8.77. The van der Waals surface area contributed by atoms with Crippen LogP contribution in [0.3, 0.4) is 0 Å². The van der Waals surface area contributed by atoms with Crippen LogP contribution in [0.15, 0.2) is 24.3 Å². The van der Waals surface area contributed by atoms with Crippen molar-refractivity contribution >= 4 is 5.78 Å². The number of benzene rings is 1. The van der Waals surface area contributed by atoms with Crippen molar-refractivity contribution in [1.29, 1.82) is 0 Å². The van der Waals surface area contributed by atoms with Gasteiger partial charge in [0.05, 0.1) is 13.7 Å². The predicted molar refractivity (Wildman–Crippen MR) is 83.0 cm³/mol. The van der Waals surface area contributed by atoms with E-state index in [0.29, 0.717) is 12.6 Å². The maximum absolute atomic E-state index is 12.4. The Kier molecular flexibility index (Phi) is 4.27. The van der Waals surface area contributed by atoms with Crippen molar-refractivity contribution in [3.63, 3.8) is 0 Å². The van der Waals surface area contributed by atoms with Crippen molar-refractivity contribution in [3.05, 3.63) is 29.8 Å². The lowest BCUT2D eigenvalue weighted by molar-refractivity contribution is 0.0923. The highest BCUT2D eigenvalue weighted by Crippen LogP contribution is 2.28. The number of ketones is 1. The molecule has 21 heavy (non-hydrogen) atoms. The molecule has 0 spiro atoms. The van der Waals surface area contributed by atoms with Gasteiger partial charge in [0.15, 0.2) is 5.78 Å². The van der Waals surface area contributed by atoms with Gasteiger partial charge in [-0.2, -0.15) is 0 Å². The van der Waals surface area contributed by atoms with E-state index in [0.717, 1.165) is 30.4 Å². The van der Waals surface area contributed by atoms with Gasteiger partial charge in [0, 0.05) is 30.7 Å². The van der Waals surface area contributed by atoms with E-state index in [2.05, 4.69) is 16.8 Å². The SMILES string of the molecule is COc1ccc(C(=O)CN2CCC3CCC(C2)N3C)cc1. The van der Waals surface area contributed by atoms with Crippen LogP contribution in [0.5, 0.6) is 5.75 Å². The van der Waals surface area contributed by atoms with Crippen molar-refractivity contribution in [3.8, 4) is 5.75 Å². The van der Waals surface area contributed by atoms with Crippen LogP contribution in [0.4, 0.5) is 0 Å². The fourth-order valence-electron chi connectivity index (χ4n) is 3.59. The molecule has 3 rings (SSSR count). The molecule has 2 aliphatic heterocycles. The Morgan fingerprint density at radius 2 is 1.90 bits per heavy atom. The molecule has 2 bridgehead atoms. The quantitative estimate of drug-likeness (QED) is 0.794. The lowest BCUT2D eigenvalue weighted by Crippen LogP contribution is -2.38. The maximum Gasteiger partial charge on any atom is 0.176 e. The molecule has 2 heterocycles. The van der Waals surface area contributed by atoms with Crippen molar-refractivity contribution in [1.82, 2.24) is 9.80 Å². The lowest BCUT2D eigenvalue weighted by atomic mass is 10.1. The number of nitrogens with zero attached hydrogens (tertiary/aromatic N) is 2. The zero-order chi connectivity index (χ0) is 14.8. The number of likely N-dealkylation sites (tertiary alicyclic amines) is 1. The molecule has 0 N–H and O–H groups in total. The summed E-state index contributed by atoms with van der Waals surface area (Å²) >= 11 is 0. The molecule has 4 nitrogen and oxygen atoms in total. The third-order valence-corrected chi connectivity index (χ3v) is 5.01. The van der Waals surface area contributed by atoms with Gasteiger partial charge in [-0.05, 0) is 50.6 Å². The summed E-state index contributed by atoms with van der Waals surface area (Å²) in [5, 5.41) is 0. The van der Waals surface area contributed by atoms with Gasteiger partial charge in [-0.3, -0.25) is 14.6 Å². The van der Waals surface area contributed by atoms with Gasteiger partial charge in [-0.25, -0.2) is 0 Å². The lowest BCUT2D eigenvalue weighted by Gasteiger charge is -2.25. The second-order valence-corrected chi connectivity index (χ2v) is 6.23. The Labute approximate surface area is 126 Å². The molecule has 2 fully saturated rings. The van der Waals surface area contributed by atoms with Crippen molar-refractivity contribution < 1.29 is 9.53 Å². The molecule has 0 aromatic heterocycles. The van der Waals surface area contributed by atoms with Crippen molar-refractivity contribution in [2.24, 2.45) is 0 Å². The average molecular weight is 288 g/mol. The Balaban J connectivity index is 1.61. The van der Waals surface area contributed by atoms with Gasteiger partial charge in [0.1, 0.15) is 5.75 Å². The summed E-state index contributed by atoms with van der Waals surface area (Å²) in [6.07, 6.45) is 3.78. The van der Waals surface area contributed by atoms with Crippen LogP contribution in [0.25, 0.3) is 0 Å². The minimum absolute atomic E-state index is 0.207. The summed E-state index contributed by atoms with van der Waals surface area (Å²) in [7, 11) is 3.87. The molecule has 114 valence electrons. The summed E-state index contributed by atoms with van der Waals surface area (Å²) in [6.45, 7) is 2.59. The Morgan fingerprint density at radius 1 is 1.19 bits per heavy atom. The van der Waals surface area contributed by atoms with Gasteiger partial charge >= 0.3 is 0 Å². The van der Waals surface area contributed by atoms with Crippen LogP contribution in [0.1, 0.15) is 29.6 Å². The fourth-order valence-corrected chi connectivity index (χ4v) is 3.59. The topological polar surface area (TPSA) is 32.8 Å². The fraction of sp³-hybridized carbons (Fsp3) is 0.588. The maximum atomic E-state index is 12.4. The van der Waals surface area contributed by atoms with E-state index >= 15 is 0 Å². The number of likely N-dealkylation sites (N-methyl/N-ethyl adjacent to an activating group) is 1. The largest absolute Gasteiger partial charge is 0.497 e. The number of hydrogen-bond acceptors (Lipinski definition) is 4. The summed E-state index contributed by atoms with van der Waals surface area (Å²) in [4.78, 5) is 17.3. The second kappa shape index (κ2) is 6.16. The molecule has 1 aromatic rings. The average Bonchev–Trinajstić information content (AvgIpc) is 2.75. The Morgan fingerprint density at radius 3 is 2.62 bits per heavy atom. The third-order valence-electron chi connectivity index (χ3n) is 5.01. The van der Waals surface area contributed by atoms with E-state index in [-0.39, 0.29) is 5.78 Å². The molecule has 2 saturated heterocycles. The van der Waals surface area contributed by atoms with Crippen LogP contribution in [-0.4, -0.2) is 61.5 Å². The van der Waals surface area contributed by atoms with E-state index in [1.165, 1.54) is 19.3 Å². The smallest absolute Gasteiger partial charge is 0.176 e. The van der Waals surface area contributed by atoms with Crippen LogP contribution in [-0.2, 0) is 0 Å². The van der Waals surface area contributed by atoms with Crippen LogP contribution in [0.2, 0.25) is 0 Å². The van der Waals surface area contributed by atoms with E-state index in [9.17, 15) is 4.79 Å². The summed E-state index contributed by atoms with van der Waals surface area (Å²) in [5.41, 5.74) is 0.776. The number of carbonyl (C=O) groups is 1.